The first kappa shape index (κ1) is 17.5. The van der Waals surface area contributed by atoms with Crippen molar-refractivity contribution in [2.24, 2.45) is 0 Å². The van der Waals surface area contributed by atoms with Crippen LogP contribution in [0.3, 0.4) is 0 Å². The predicted octanol–water partition coefficient (Wildman–Crippen LogP) is 3.59. The van der Waals surface area contributed by atoms with E-state index in [9.17, 15) is 4.79 Å². The zero-order valence-corrected chi connectivity index (χ0v) is 15.3. The van der Waals surface area contributed by atoms with E-state index in [0.717, 1.165) is 16.5 Å². The number of fused-ring (bicyclic) bond motifs is 1. The summed E-state index contributed by atoms with van der Waals surface area (Å²) in [5.74, 6) is 0.0913. The minimum Gasteiger partial charge on any atom is -0.350 e. The number of hydrogen-bond acceptors (Lipinski definition) is 6. The fourth-order valence-electron chi connectivity index (χ4n) is 2.84. The van der Waals surface area contributed by atoms with Crippen LogP contribution in [0.1, 0.15) is 21.7 Å². The smallest absolute Gasteiger partial charge is 0.274 e. The second-order valence-electron chi connectivity index (χ2n) is 6.26. The summed E-state index contributed by atoms with van der Waals surface area (Å²) in [6.07, 6.45) is 5.16. The van der Waals surface area contributed by atoms with Crippen LogP contribution in [0.4, 0.5) is 11.6 Å². The fraction of sp³-hybridized carbons (Fsp3) is 0.0952. The Labute approximate surface area is 161 Å². The van der Waals surface area contributed by atoms with E-state index in [4.69, 9.17) is 0 Å². The fourth-order valence-corrected chi connectivity index (χ4v) is 2.84. The Kier molecular flexibility index (Phi) is 4.88. The number of nitrogens with one attached hydrogen (secondary N) is 2. The molecule has 0 radical (unpaired) electrons. The van der Waals surface area contributed by atoms with Gasteiger partial charge < -0.3 is 10.6 Å². The number of carbonyl (C=O) groups excluding carboxylic acids is 1. The summed E-state index contributed by atoms with van der Waals surface area (Å²) in [7, 11) is 0. The van der Waals surface area contributed by atoms with Gasteiger partial charge in [0.2, 0.25) is 5.95 Å². The highest BCUT2D eigenvalue weighted by atomic mass is 16.1. The van der Waals surface area contributed by atoms with Gasteiger partial charge >= 0.3 is 0 Å². The molecule has 0 unspecified atom stereocenters. The van der Waals surface area contributed by atoms with Gasteiger partial charge in [0.15, 0.2) is 0 Å². The van der Waals surface area contributed by atoms with Crippen LogP contribution in [0, 0.1) is 6.92 Å². The monoisotopic (exact) mass is 370 g/mol. The molecule has 0 aliphatic heterocycles. The molecule has 28 heavy (non-hydrogen) atoms. The molecule has 0 bridgehead atoms. The SMILES string of the molecule is Cc1cc(C(=O)Nc2cccc3cccnc23)nc(NCc2ccncc2)n1. The molecule has 0 aliphatic carbocycles. The second-order valence-corrected chi connectivity index (χ2v) is 6.26. The van der Waals surface area contributed by atoms with E-state index in [1.807, 2.05) is 49.4 Å². The Hall–Kier alpha value is -3.87. The molecule has 3 heterocycles. The van der Waals surface area contributed by atoms with Gasteiger partial charge in [0, 0.05) is 36.2 Å². The van der Waals surface area contributed by atoms with E-state index in [2.05, 4.69) is 30.6 Å². The van der Waals surface area contributed by atoms with Crippen LogP contribution in [-0.2, 0) is 6.54 Å². The summed E-state index contributed by atoms with van der Waals surface area (Å²) < 4.78 is 0. The summed E-state index contributed by atoms with van der Waals surface area (Å²) in [6.45, 7) is 2.37. The molecular formula is C21H18N6O. The Morgan fingerprint density at radius 3 is 2.68 bits per heavy atom. The number of anilines is 2. The molecule has 0 saturated carbocycles. The van der Waals surface area contributed by atoms with Crippen LogP contribution in [0.5, 0.6) is 0 Å². The standard InChI is InChI=1S/C21H18N6O/c1-14-12-18(27-21(25-14)24-13-15-7-10-22-11-8-15)20(28)26-17-6-2-4-16-5-3-9-23-19(16)17/h2-12H,13H2,1H3,(H,26,28)(H,24,25,27). The first-order valence-electron chi connectivity index (χ1n) is 8.82. The molecule has 3 aromatic heterocycles. The average molecular weight is 370 g/mol. The van der Waals surface area contributed by atoms with E-state index >= 15 is 0 Å². The number of pyridine rings is 2. The zero-order valence-electron chi connectivity index (χ0n) is 15.3. The van der Waals surface area contributed by atoms with Crippen LogP contribution in [0.2, 0.25) is 0 Å². The second kappa shape index (κ2) is 7.79. The van der Waals surface area contributed by atoms with E-state index in [0.29, 0.717) is 23.9 Å². The van der Waals surface area contributed by atoms with Gasteiger partial charge in [-0.2, -0.15) is 0 Å². The number of aryl methyl sites for hydroxylation is 1. The molecule has 1 aromatic carbocycles. The van der Waals surface area contributed by atoms with E-state index in [-0.39, 0.29) is 11.6 Å². The lowest BCUT2D eigenvalue weighted by molar-refractivity contribution is 0.102. The number of aromatic nitrogens is 4. The summed E-state index contributed by atoms with van der Waals surface area (Å²) in [5.41, 5.74) is 3.42. The van der Waals surface area contributed by atoms with Crippen molar-refractivity contribution in [2.75, 3.05) is 10.6 Å². The molecule has 0 atom stereocenters. The number of para-hydroxylation sites is 1. The van der Waals surface area contributed by atoms with Crippen molar-refractivity contribution >= 4 is 28.4 Å². The molecule has 0 spiro atoms. The van der Waals surface area contributed by atoms with Crippen LogP contribution >= 0.6 is 0 Å². The predicted molar refractivity (Wildman–Crippen MR) is 108 cm³/mol. The minimum atomic E-state index is -0.310. The molecule has 0 aliphatic rings. The van der Waals surface area contributed by atoms with Crippen molar-refractivity contribution < 1.29 is 4.79 Å². The highest BCUT2D eigenvalue weighted by Gasteiger charge is 2.13. The number of nitrogens with zero attached hydrogens (tertiary/aromatic N) is 4. The molecule has 138 valence electrons. The normalized spacial score (nSPS) is 10.6. The maximum atomic E-state index is 12.8. The first-order chi connectivity index (χ1) is 13.7. The van der Waals surface area contributed by atoms with Crippen LogP contribution in [-0.4, -0.2) is 25.8 Å². The molecule has 2 N–H and O–H groups in total. The highest BCUT2D eigenvalue weighted by molar-refractivity contribution is 6.07. The van der Waals surface area contributed by atoms with Crippen molar-refractivity contribution in [1.29, 1.82) is 0 Å². The van der Waals surface area contributed by atoms with Gasteiger partial charge in [0.1, 0.15) is 5.69 Å². The van der Waals surface area contributed by atoms with Gasteiger partial charge in [-0.15, -0.1) is 0 Å². The van der Waals surface area contributed by atoms with Crippen molar-refractivity contribution in [3.63, 3.8) is 0 Å². The Balaban J connectivity index is 1.55. The lowest BCUT2D eigenvalue weighted by Gasteiger charge is -2.10. The average Bonchev–Trinajstić information content (AvgIpc) is 2.73. The first-order valence-corrected chi connectivity index (χ1v) is 8.82. The van der Waals surface area contributed by atoms with Gasteiger partial charge in [0.05, 0.1) is 11.2 Å². The number of amides is 1. The lowest BCUT2D eigenvalue weighted by atomic mass is 10.2. The molecule has 7 heteroatoms. The third-order valence-electron chi connectivity index (χ3n) is 4.17. The molecular weight excluding hydrogens is 352 g/mol. The molecule has 4 rings (SSSR count). The largest absolute Gasteiger partial charge is 0.350 e. The van der Waals surface area contributed by atoms with Gasteiger partial charge in [-0.3, -0.25) is 14.8 Å². The third-order valence-corrected chi connectivity index (χ3v) is 4.17. The van der Waals surface area contributed by atoms with Crippen LogP contribution < -0.4 is 10.6 Å². The minimum absolute atomic E-state index is 0.290. The van der Waals surface area contributed by atoms with E-state index in [1.165, 1.54) is 0 Å². The summed E-state index contributed by atoms with van der Waals surface area (Å²) in [6, 6.07) is 14.9. The molecule has 0 fully saturated rings. The van der Waals surface area contributed by atoms with Gasteiger partial charge in [0.25, 0.3) is 5.91 Å². The van der Waals surface area contributed by atoms with Gasteiger partial charge in [-0.25, -0.2) is 9.97 Å². The maximum Gasteiger partial charge on any atom is 0.274 e. The van der Waals surface area contributed by atoms with Gasteiger partial charge in [-0.1, -0.05) is 18.2 Å². The molecule has 1 amide bonds. The van der Waals surface area contributed by atoms with Crippen molar-refractivity contribution in [3.8, 4) is 0 Å². The lowest BCUT2D eigenvalue weighted by Crippen LogP contribution is -2.16. The zero-order chi connectivity index (χ0) is 19.3. The number of rotatable bonds is 5. The van der Waals surface area contributed by atoms with Crippen LogP contribution in [0.25, 0.3) is 10.9 Å². The molecule has 7 nitrogen and oxygen atoms in total. The number of hydrogen-bond donors (Lipinski definition) is 2. The van der Waals surface area contributed by atoms with Crippen LogP contribution in [0.15, 0.2) is 67.1 Å². The Morgan fingerprint density at radius 2 is 1.82 bits per heavy atom. The molecule has 4 aromatic rings. The van der Waals surface area contributed by atoms with Crippen molar-refractivity contribution in [1.82, 2.24) is 19.9 Å². The number of carbonyl (C=O) groups is 1. The maximum absolute atomic E-state index is 12.8. The number of benzene rings is 1. The van der Waals surface area contributed by atoms with E-state index < -0.39 is 0 Å². The van der Waals surface area contributed by atoms with Gasteiger partial charge in [-0.05, 0) is 42.8 Å². The summed E-state index contributed by atoms with van der Waals surface area (Å²) in [5, 5.41) is 7.01. The highest BCUT2D eigenvalue weighted by Crippen LogP contribution is 2.21. The Morgan fingerprint density at radius 1 is 1.00 bits per heavy atom. The van der Waals surface area contributed by atoms with Crippen molar-refractivity contribution in [3.05, 3.63) is 84.1 Å². The topological polar surface area (TPSA) is 92.7 Å². The third kappa shape index (κ3) is 3.93. The quantitative estimate of drug-likeness (QED) is 0.558. The Bertz CT molecular complexity index is 1120. The molecule has 0 saturated heterocycles. The van der Waals surface area contributed by atoms with E-state index in [1.54, 1.807) is 24.7 Å². The van der Waals surface area contributed by atoms with Crippen molar-refractivity contribution in [2.45, 2.75) is 13.5 Å². The summed E-state index contributed by atoms with van der Waals surface area (Å²) >= 11 is 0. The summed E-state index contributed by atoms with van der Waals surface area (Å²) in [4.78, 5) is 29.8.